The predicted molar refractivity (Wildman–Crippen MR) is 90.6 cm³/mol. The number of ether oxygens (including phenoxy) is 1. The van der Waals surface area contributed by atoms with Crippen LogP contribution in [0.25, 0.3) is 0 Å². The Morgan fingerprint density at radius 3 is 2.05 bits per heavy atom. The molecular formula is C18H32N2O. The lowest BCUT2D eigenvalue weighted by atomic mass is 9.96. The predicted octanol–water partition coefficient (Wildman–Crippen LogP) is 3.70. The van der Waals surface area contributed by atoms with Gasteiger partial charge in [0.05, 0.1) is 7.11 Å². The van der Waals surface area contributed by atoms with E-state index in [1.54, 1.807) is 7.11 Å². The van der Waals surface area contributed by atoms with E-state index in [2.05, 4.69) is 51.7 Å². The van der Waals surface area contributed by atoms with Gasteiger partial charge in [-0.05, 0) is 36.5 Å². The van der Waals surface area contributed by atoms with Crippen molar-refractivity contribution in [3.8, 4) is 5.75 Å². The summed E-state index contributed by atoms with van der Waals surface area (Å²) < 4.78 is 5.37. The van der Waals surface area contributed by atoms with Gasteiger partial charge in [0.1, 0.15) is 5.75 Å². The highest BCUT2D eigenvalue weighted by Crippen LogP contribution is 2.28. The fraction of sp³-hybridized carbons (Fsp3) is 0.667. The zero-order valence-electron chi connectivity index (χ0n) is 14.5. The molecule has 2 unspecified atom stereocenters. The summed E-state index contributed by atoms with van der Waals surface area (Å²) in [5, 5.41) is 0. The minimum atomic E-state index is 0.0783. The second-order valence-corrected chi connectivity index (χ2v) is 6.82. The van der Waals surface area contributed by atoms with Crippen LogP contribution in [0.1, 0.15) is 46.2 Å². The lowest BCUT2D eigenvalue weighted by molar-refractivity contribution is 0.140. The van der Waals surface area contributed by atoms with E-state index in [1.807, 2.05) is 12.1 Å². The fourth-order valence-corrected chi connectivity index (χ4v) is 2.91. The Labute approximate surface area is 130 Å². The van der Waals surface area contributed by atoms with Crippen molar-refractivity contribution in [3.63, 3.8) is 0 Å². The summed E-state index contributed by atoms with van der Waals surface area (Å²) >= 11 is 0. The van der Waals surface area contributed by atoms with Gasteiger partial charge < -0.3 is 10.5 Å². The highest BCUT2D eigenvalue weighted by atomic mass is 16.5. The van der Waals surface area contributed by atoms with Crippen LogP contribution in [0.3, 0.4) is 0 Å². The van der Waals surface area contributed by atoms with Crippen LogP contribution in [-0.2, 0) is 0 Å². The Kier molecular flexibility index (Phi) is 7.20. The number of hydrogen-bond acceptors (Lipinski definition) is 3. The first kappa shape index (κ1) is 18.0. The molecule has 0 spiro atoms. The molecule has 2 N–H and O–H groups in total. The van der Waals surface area contributed by atoms with E-state index in [-0.39, 0.29) is 12.1 Å². The molecule has 0 amide bonds. The van der Waals surface area contributed by atoms with Crippen molar-refractivity contribution >= 4 is 0 Å². The molecule has 0 aliphatic rings. The maximum atomic E-state index is 6.33. The van der Waals surface area contributed by atoms with Crippen molar-refractivity contribution in [1.82, 2.24) is 4.90 Å². The molecule has 21 heavy (non-hydrogen) atoms. The molecule has 0 saturated carbocycles. The first-order chi connectivity index (χ1) is 9.85. The van der Waals surface area contributed by atoms with Crippen LogP contribution in [0.15, 0.2) is 24.3 Å². The third-order valence-corrected chi connectivity index (χ3v) is 3.53. The second-order valence-electron chi connectivity index (χ2n) is 6.82. The summed E-state index contributed by atoms with van der Waals surface area (Å²) in [7, 11) is 1.71. The first-order valence-electron chi connectivity index (χ1n) is 7.98. The van der Waals surface area contributed by atoms with Crippen LogP contribution in [0.2, 0.25) is 0 Å². The molecule has 0 heterocycles. The van der Waals surface area contributed by atoms with Gasteiger partial charge in [0, 0.05) is 25.2 Å². The van der Waals surface area contributed by atoms with Crippen molar-refractivity contribution in [2.45, 2.75) is 46.7 Å². The standard InChI is InChI=1S/C18H32N2O/c1-13(2)11-20(12-14(3)4)18(15(5)19)16-8-7-9-17(10-16)21-6/h7-10,13-15,18H,11-12,19H2,1-6H3. The van der Waals surface area contributed by atoms with E-state index in [0.29, 0.717) is 11.8 Å². The molecule has 0 fully saturated rings. The molecule has 1 aromatic carbocycles. The van der Waals surface area contributed by atoms with Crippen LogP contribution in [-0.4, -0.2) is 31.1 Å². The third-order valence-electron chi connectivity index (χ3n) is 3.53. The van der Waals surface area contributed by atoms with Crippen LogP contribution in [0.5, 0.6) is 5.75 Å². The molecule has 2 atom stereocenters. The maximum Gasteiger partial charge on any atom is 0.119 e. The summed E-state index contributed by atoms with van der Waals surface area (Å²) in [6.45, 7) is 13.3. The van der Waals surface area contributed by atoms with Crippen molar-refractivity contribution in [1.29, 1.82) is 0 Å². The molecule has 0 bridgehead atoms. The van der Waals surface area contributed by atoms with Crippen LogP contribution < -0.4 is 10.5 Å². The zero-order valence-corrected chi connectivity index (χ0v) is 14.5. The van der Waals surface area contributed by atoms with E-state index in [0.717, 1.165) is 18.8 Å². The van der Waals surface area contributed by atoms with Gasteiger partial charge in [-0.2, -0.15) is 0 Å². The summed E-state index contributed by atoms with van der Waals surface area (Å²) in [5.74, 6) is 2.14. The van der Waals surface area contributed by atoms with Crippen molar-refractivity contribution in [3.05, 3.63) is 29.8 Å². The van der Waals surface area contributed by atoms with Crippen molar-refractivity contribution < 1.29 is 4.74 Å². The minimum absolute atomic E-state index is 0.0783. The van der Waals surface area contributed by atoms with E-state index in [4.69, 9.17) is 10.5 Å². The van der Waals surface area contributed by atoms with E-state index < -0.39 is 0 Å². The molecular weight excluding hydrogens is 260 g/mol. The molecule has 0 aliphatic heterocycles. The Balaban J connectivity index is 3.10. The Bertz CT molecular complexity index is 405. The van der Waals surface area contributed by atoms with Gasteiger partial charge in [0.15, 0.2) is 0 Å². The van der Waals surface area contributed by atoms with Crippen LogP contribution in [0.4, 0.5) is 0 Å². The van der Waals surface area contributed by atoms with Gasteiger partial charge in [-0.15, -0.1) is 0 Å². The zero-order chi connectivity index (χ0) is 16.0. The Morgan fingerprint density at radius 2 is 1.62 bits per heavy atom. The molecule has 0 saturated heterocycles. The SMILES string of the molecule is COc1cccc(C(C(C)N)N(CC(C)C)CC(C)C)c1. The van der Waals surface area contributed by atoms with Gasteiger partial charge in [-0.25, -0.2) is 0 Å². The van der Waals surface area contributed by atoms with Gasteiger partial charge in [-0.1, -0.05) is 39.8 Å². The van der Waals surface area contributed by atoms with Gasteiger partial charge in [0.25, 0.3) is 0 Å². The molecule has 120 valence electrons. The normalized spacial score (nSPS) is 14.8. The third kappa shape index (κ3) is 5.68. The quantitative estimate of drug-likeness (QED) is 0.794. The minimum Gasteiger partial charge on any atom is -0.497 e. The van der Waals surface area contributed by atoms with E-state index in [9.17, 15) is 0 Å². The van der Waals surface area contributed by atoms with Gasteiger partial charge in [0.2, 0.25) is 0 Å². The molecule has 0 aromatic heterocycles. The van der Waals surface area contributed by atoms with Crippen LogP contribution >= 0.6 is 0 Å². The molecule has 1 rings (SSSR count). The average Bonchev–Trinajstić information content (AvgIpc) is 2.37. The van der Waals surface area contributed by atoms with Gasteiger partial charge in [-0.3, -0.25) is 4.90 Å². The highest BCUT2D eigenvalue weighted by Gasteiger charge is 2.25. The van der Waals surface area contributed by atoms with E-state index >= 15 is 0 Å². The second kappa shape index (κ2) is 8.40. The number of methoxy groups -OCH3 is 1. The lowest BCUT2D eigenvalue weighted by Crippen LogP contribution is -2.43. The van der Waals surface area contributed by atoms with Crippen molar-refractivity contribution in [2.75, 3.05) is 20.2 Å². The highest BCUT2D eigenvalue weighted by molar-refractivity contribution is 5.31. The monoisotopic (exact) mass is 292 g/mol. The lowest BCUT2D eigenvalue weighted by Gasteiger charge is -2.37. The number of nitrogens with zero attached hydrogens (tertiary/aromatic N) is 1. The topological polar surface area (TPSA) is 38.5 Å². The van der Waals surface area contributed by atoms with E-state index in [1.165, 1.54) is 5.56 Å². The maximum absolute atomic E-state index is 6.33. The fourth-order valence-electron chi connectivity index (χ4n) is 2.91. The summed E-state index contributed by atoms with van der Waals surface area (Å²) in [6.07, 6.45) is 0. The Hall–Kier alpha value is -1.06. The number of benzene rings is 1. The molecule has 1 aromatic rings. The summed E-state index contributed by atoms with van der Waals surface area (Å²) in [6, 6.07) is 8.61. The molecule has 0 aliphatic carbocycles. The number of nitrogens with two attached hydrogens (primary N) is 1. The van der Waals surface area contributed by atoms with Crippen molar-refractivity contribution in [2.24, 2.45) is 17.6 Å². The first-order valence-corrected chi connectivity index (χ1v) is 7.98. The van der Waals surface area contributed by atoms with Crippen LogP contribution in [0, 0.1) is 11.8 Å². The summed E-state index contributed by atoms with van der Waals surface area (Å²) in [5.41, 5.74) is 7.57. The number of rotatable bonds is 8. The van der Waals surface area contributed by atoms with Gasteiger partial charge >= 0.3 is 0 Å². The summed E-state index contributed by atoms with van der Waals surface area (Å²) in [4.78, 5) is 2.52. The Morgan fingerprint density at radius 1 is 1.05 bits per heavy atom. The smallest absolute Gasteiger partial charge is 0.119 e. The average molecular weight is 292 g/mol. The molecule has 3 nitrogen and oxygen atoms in total. The number of hydrogen-bond donors (Lipinski definition) is 1. The largest absolute Gasteiger partial charge is 0.497 e. The molecule has 0 radical (unpaired) electrons. The molecule has 3 heteroatoms.